The molecule has 1 aliphatic heterocycles. The molecule has 0 aliphatic carbocycles. The van der Waals surface area contributed by atoms with Crippen LogP contribution in [-0.4, -0.2) is 24.7 Å². The summed E-state index contributed by atoms with van der Waals surface area (Å²) in [6.45, 7) is 0.818. The number of benzene rings is 1. The Labute approximate surface area is 94.2 Å². The molecule has 16 heavy (non-hydrogen) atoms. The fourth-order valence-electron chi connectivity index (χ4n) is 2.13. The lowest BCUT2D eigenvalue weighted by Crippen LogP contribution is -2.31. The van der Waals surface area contributed by atoms with Crippen LogP contribution in [0.5, 0.6) is 5.75 Å². The standard InChI is InChI=1S/C12H15NO3/c1-16-11(15)7-9-12-8(5-6-13-9)3-2-4-10(12)14/h2-4,9,13-14H,5-7H2,1H3. The molecule has 0 aromatic heterocycles. The first-order chi connectivity index (χ1) is 7.72. The van der Waals surface area contributed by atoms with Crippen molar-refractivity contribution >= 4 is 5.97 Å². The van der Waals surface area contributed by atoms with E-state index < -0.39 is 0 Å². The second-order valence-electron chi connectivity index (χ2n) is 3.89. The molecular formula is C12H15NO3. The molecule has 4 nitrogen and oxygen atoms in total. The molecule has 0 spiro atoms. The molecule has 1 aromatic carbocycles. The predicted octanol–water partition coefficient (Wildman–Crippen LogP) is 1.14. The SMILES string of the molecule is COC(=O)CC1NCCc2cccc(O)c21. The van der Waals surface area contributed by atoms with E-state index in [-0.39, 0.29) is 24.2 Å². The number of hydrogen-bond acceptors (Lipinski definition) is 4. The minimum absolute atomic E-state index is 0.141. The maximum absolute atomic E-state index is 11.3. The number of ether oxygens (including phenoxy) is 1. The number of aromatic hydroxyl groups is 1. The molecule has 86 valence electrons. The van der Waals surface area contributed by atoms with Crippen molar-refractivity contribution in [2.24, 2.45) is 0 Å². The molecule has 1 aromatic rings. The summed E-state index contributed by atoms with van der Waals surface area (Å²) in [5.74, 6) is -0.0211. The van der Waals surface area contributed by atoms with E-state index in [0.717, 1.165) is 24.1 Å². The quantitative estimate of drug-likeness (QED) is 0.735. The zero-order valence-corrected chi connectivity index (χ0v) is 9.19. The van der Waals surface area contributed by atoms with Gasteiger partial charge >= 0.3 is 5.97 Å². The van der Waals surface area contributed by atoms with Gasteiger partial charge in [-0.15, -0.1) is 0 Å². The highest BCUT2D eigenvalue weighted by atomic mass is 16.5. The second-order valence-corrected chi connectivity index (χ2v) is 3.89. The third-order valence-electron chi connectivity index (χ3n) is 2.91. The van der Waals surface area contributed by atoms with E-state index >= 15 is 0 Å². The Morgan fingerprint density at radius 1 is 1.62 bits per heavy atom. The van der Waals surface area contributed by atoms with Gasteiger partial charge in [0.15, 0.2) is 0 Å². The van der Waals surface area contributed by atoms with Gasteiger partial charge in [-0.2, -0.15) is 0 Å². The zero-order valence-electron chi connectivity index (χ0n) is 9.19. The van der Waals surface area contributed by atoms with Crippen molar-refractivity contribution in [3.05, 3.63) is 29.3 Å². The molecule has 2 N–H and O–H groups in total. The van der Waals surface area contributed by atoms with Crippen LogP contribution < -0.4 is 5.32 Å². The summed E-state index contributed by atoms with van der Waals surface area (Å²) in [4.78, 5) is 11.3. The van der Waals surface area contributed by atoms with Crippen molar-refractivity contribution < 1.29 is 14.6 Å². The molecule has 1 unspecified atom stereocenters. The lowest BCUT2D eigenvalue weighted by atomic mass is 9.91. The van der Waals surface area contributed by atoms with E-state index in [1.165, 1.54) is 7.11 Å². The van der Waals surface area contributed by atoms with Crippen LogP contribution in [0.2, 0.25) is 0 Å². The van der Waals surface area contributed by atoms with Crippen LogP contribution in [0.3, 0.4) is 0 Å². The molecule has 1 atom stereocenters. The number of phenolic OH excluding ortho intramolecular Hbond substituents is 1. The number of nitrogens with one attached hydrogen (secondary N) is 1. The Morgan fingerprint density at radius 2 is 2.44 bits per heavy atom. The van der Waals surface area contributed by atoms with Gasteiger partial charge in [-0.3, -0.25) is 4.79 Å². The summed E-state index contributed by atoms with van der Waals surface area (Å²) in [5, 5.41) is 13.0. The maximum atomic E-state index is 11.3. The van der Waals surface area contributed by atoms with E-state index in [9.17, 15) is 9.90 Å². The largest absolute Gasteiger partial charge is 0.508 e. The van der Waals surface area contributed by atoms with Crippen LogP contribution in [0.4, 0.5) is 0 Å². The van der Waals surface area contributed by atoms with E-state index in [0.29, 0.717) is 0 Å². The highest BCUT2D eigenvalue weighted by molar-refractivity contribution is 5.70. The average Bonchev–Trinajstić information content (AvgIpc) is 2.29. The fraction of sp³-hybridized carbons (Fsp3) is 0.417. The molecule has 1 heterocycles. The van der Waals surface area contributed by atoms with E-state index in [1.54, 1.807) is 6.07 Å². The van der Waals surface area contributed by atoms with Gasteiger partial charge in [0.05, 0.1) is 13.5 Å². The first-order valence-corrected chi connectivity index (χ1v) is 5.33. The zero-order chi connectivity index (χ0) is 11.5. The van der Waals surface area contributed by atoms with Crippen LogP contribution in [0.15, 0.2) is 18.2 Å². The van der Waals surface area contributed by atoms with Crippen LogP contribution in [0.25, 0.3) is 0 Å². The van der Waals surface area contributed by atoms with E-state index in [1.807, 2.05) is 12.1 Å². The highest BCUT2D eigenvalue weighted by Crippen LogP contribution is 2.32. The van der Waals surface area contributed by atoms with Crippen molar-refractivity contribution in [3.63, 3.8) is 0 Å². The summed E-state index contributed by atoms with van der Waals surface area (Å²) in [7, 11) is 1.37. The Bertz CT molecular complexity index is 403. The van der Waals surface area contributed by atoms with E-state index in [2.05, 4.69) is 10.1 Å². The Balaban J connectivity index is 2.28. The molecule has 0 saturated heterocycles. The average molecular weight is 221 g/mol. The number of carbonyl (C=O) groups excluding carboxylic acids is 1. The third-order valence-corrected chi connectivity index (χ3v) is 2.91. The smallest absolute Gasteiger partial charge is 0.307 e. The molecule has 0 amide bonds. The molecule has 1 aliphatic rings. The van der Waals surface area contributed by atoms with Crippen molar-refractivity contribution in [1.82, 2.24) is 5.32 Å². The Hall–Kier alpha value is -1.55. The summed E-state index contributed by atoms with van der Waals surface area (Å²) in [6.07, 6.45) is 1.13. The minimum atomic E-state index is -0.270. The van der Waals surface area contributed by atoms with Crippen LogP contribution in [0, 0.1) is 0 Å². The Morgan fingerprint density at radius 3 is 3.19 bits per heavy atom. The van der Waals surface area contributed by atoms with Crippen molar-refractivity contribution in [1.29, 1.82) is 0 Å². The number of phenols is 1. The molecule has 2 rings (SSSR count). The van der Waals surface area contributed by atoms with Crippen LogP contribution >= 0.6 is 0 Å². The lowest BCUT2D eigenvalue weighted by molar-refractivity contribution is -0.141. The van der Waals surface area contributed by atoms with Gasteiger partial charge in [0.25, 0.3) is 0 Å². The van der Waals surface area contributed by atoms with Crippen molar-refractivity contribution in [2.75, 3.05) is 13.7 Å². The maximum Gasteiger partial charge on any atom is 0.307 e. The highest BCUT2D eigenvalue weighted by Gasteiger charge is 2.25. The van der Waals surface area contributed by atoms with Gasteiger partial charge in [0.1, 0.15) is 5.75 Å². The minimum Gasteiger partial charge on any atom is -0.508 e. The number of methoxy groups -OCH3 is 1. The lowest BCUT2D eigenvalue weighted by Gasteiger charge is -2.26. The summed E-state index contributed by atoms with van der Waals surface area (Å²) >= 11 is 0. The molecule has 0 saturated carbocycles. The number of esters is 1. The van der Waals surface area contributed by atoms with E-state index in [4.69, 9.17) is 0 Å². The second kappa shape index (κ2) is 4.53. The van der Waals surface area contributed by atoms with Crippen molar-refractivity contribution in [2.45, 2.75) is 18.9 Å². The monoisotopic (exact) mass is 221 g/mol. The van der Waals surface area contributed by atoms with Crippen LogP contribution in [0.1, 0.15) is 23.6 Å². The van der Waals surface area contributed by atoms with Gasteiger partial charge in [-0.25, -0.2) is 0 Å². The third kappa shape index (κ3) is 2.02. The van der Waals surface area contributed by atoms with Gasteiger partial charge in [0.2, 0.25) is 0 Å². The van der Waals surface area contributed by atoms with Gasteiger partial charge < -0.3 is 15.2 Å². The van der Waals surface area contributed by atoms with Crippen LogP contribution in [-0.2, 0) is 16.0 Å². The molecular weight excluding hydrogens is 206 g/mol. The molecule has 0 radical (unpaired) electrons. The number of hydrogen-bond donors (Lipinski definition) is 2. The number of carbonyl (C=O) groups is 1. The summed E-state index contributed by atoms with van der Waals surface area (Å²) < 4.78 is 4.65. The first kappa shape index (κ1) is 11.0. The summed E-state index contributed by atoms with van der Waals surface area (Å²) in [6, 6.07) is 5.32. The molecule has 4 heteroatoms. The number of rotatable bonds is 2. The molecule has 0 fully saturated rings. The van der Waals surface area contributed by atoms with Crippen molar-refractivity contribution in [3.8, 4) is 5.75 Å². The fourth-order valence-corrected chi connectivity index (χ4v) is 2.13. The van der Waals surface area contributed by atoms with Gasteiger partial charge in [-0.05, 0) is 24.6 Å². The summed E-state index contributed by atoms with van der Waals surface area (Å²) in [5.41, 5.74) is 1.94. The molecule has 0 bridgehead atoms. The first-order valence-electron chi connectivity index (χ1n) is 5.33. The van der Waals surface area contributed by atoms with Gasteiger partial charge in [0, 0.05) is 11.6 Å². The Kier molecular flexibility index (Phi) is 3.10. The predicted molar refractivity (Wildman–Crippen MR) is 59.2 cm³/mol. The topological polar surface area (TPSA) is 58.6 Å². The number of fused-ring (bicyclic) bond motifs is 1. The van der Waals surface area contributed by atoms with Gasteiger partial charge in [-0.1, -0.05) is 12.1 Å². The normalized spacial score (nSPS) is 18.9.